The predicted molar refractivity (Wildman–Crippen MR) is 80.3 cm³/mol. The van der Waals surface area contributed by atoms with E-state index in [-0.39, 0.29) is 0 Å². The molecule has 0 amide bonds. The Hall–Kier alpha value is -0.430. The Bertz CT molecular complexity index is 528. The summed E-state index contributed by atoms with van der Waals surface area (Å²) in [5, 5.41) is 0. The maximum Gasteiger partial charge on any atom is 0.174 e. The van der Waals surface area contributed by atoms with Gasteiger partial charge in [-0.15, -0.1) is 0 Å². The van der Waals surface area contributed by atoms with Crippen LogP contribution in [-0.2, 0) is 12.8 Å². The molecule has 0 atom stereocenters. The number of benzene rings is 1. The van der Waals surface area contributed by atoms with E-state index in [0.717, 1.165) is 32.4 Å². The van der Waals surface area contributed by atoms with E-state index in [1.807, 2.05) is 0 Å². The van der Waals surface area contributed by atoms with E-state index < -0.39 is 0 Å². The summed E-state index contributed by atoms with van der Waals surface area (Å²) in [5.74, 6) is 0.915. The number of hydrogen-bond donors (Lipinski definition) is 1. The lowest BCUT2D eigenvalue weighted by Gasteiger charge is -2.04. The average Bonchev–Trinajstić information content (AvgIpc) is 2.81. The van der Waals surface area contributed by atoms with Crippen molar-refractivity contribution in [1.82, 2.24) is 9.36 Å². The zero-order chi connectivity index (χ0) is 13.0. The maximum absolute atomic E-state index is 5.55. The van der Waals surface area contributed by atoms with Crippen molar-refractivity contribution < 1.29 is 0 Å². The van der Waals surface area contributed by atoms with Gasteiger partial charge >= 0.3 is 0 Å². The molecule has 0 spiro atoms. The van der Waals surface area contributed by atoms with Crippen LogP contribution in [0.5, 0.6) is 0 Å². The smallest absolute Gasteiger partial charge is 0.174 e. The van der Waals surface area contributed by atoms with Gasteiger partial charge in [0.1, 0.15) is 5.82 Å². The van der Waals surface area contributed by atoms with Crippen molar-refractivity contribution in [3.63, 3.8) is 0 Å². The van der Waals surface area contributed by atoms with Gasteiger partial charge in [-0.1, -0.05) is 24.8 Å². The van der Waals surface area contributed by atoms with Gasteiger partial charge in [0.25, 0.3) is 0 Å². The zero-order valence-corrected chi connectivity index (χ0v) is 13.2. The third kappa shape index (κ3) is 3.54. The van der Waals surface area contributed by atoms with Crippen molar-refractivity contribution in [2.24, 2.45) is 5.73 Å². The molecular weight excluding hydrogens is 330 g/mol. The highest BCUT2D eigenvalue weighted by Gasteiger charge is 2.08. The fourth-order valence-corrected chi connectivity index (χ4v) is 3.80. The van der Waals surface area contributed by atoms with Gasteiger partial charge in [-0.05, 0) is 58.1 Å². The number of hydrogen-bond acceptors (Lipinski definition) is 5. The van der Waals surface area contributed by atoms with Crippen molar-refractivity contribution in [2.45, 2.75) is 29.0 Å². The van der Waals surface area contributed by atoms with Gasteiger partial charge in [0.15, 0.2) is 4.34 Å². The lowest BCUT2D eigenvalue weighted by Crippen LogP contribution is -2.02. The van der Waals surface area contributed by atoms with Gasteiger partial charge in [-0.2, -0.15) is 4.37 Å². The first-order valence-electron chi connectivity index (χ1n) is 5.72. The highest BCUT2D eigenvalue weighted by molar-refractivity contribution is 9.10. The largest absolute Gasteiger partial charge is 0.330 e. The first-order chi connectivity index (χ1) is 8.72. The molecule has 1 aromatic carbocycles. The standard InChI is InChI=1S/C12H14BrN3S2/c1-2-11-15-12(18-16-11)17-10-4-3-8(5-6-14)7-9(10)13/h3-4,7H,2,5-6,14H2,1H3. The summed E-state index contributed by atoms with van der Waals surface area (Å²) in [6, 6.07) is 6.34. The highest BCUT2D eigenvalue weighted by Crippen LogP contribution is 2.34. The second kappa shape index (κ2) is 6.65. The van der Waals surface area contributed by atoms with Crippen LogP contribution >= 0.6 is 39.2 Å². The number of halogens is 1. The van der Waals surface area contributed by atoms with E-state index in [0.29, 0.717) is 6.54 Å². The molecule has 18 heavy (non-hydrogen) atoms. The van der Waals surface area contributed by atoms with Crippen molar-refractivity contribution in [3.8, 4) is 0 Å². The molecule has 2 rings (SSSR count). The molecule has 1 aromatic heterocycles. The molecule has 0 bridgehead atoms. The highest BCUT2D eigenvalue weighted by atomic mass is 79.9. The van der Waals surface area contributed by atoms with Crippen molar-refractivity contribution in [2.75, 3.05) is 6.54 Å². The molecule has 0 aliphatic heterocycles. The second-order valence-electron chi connectivity index (χ2n) is 3.74. The van der Waals surface area contributed by atoms with E-state index >= 15 is 0 Å². The van der Waals surface area contributed by atoms with Crippen LogP contribution in [0.25, 0.3) is 0 Å². The normalized spacial score (nSPS) is 10.8. The quantitative estimate of drug-likeness (QED) is 0.902. The number of rotatable bonds is 5. The molecule has 1 heterocycles. The van der Waals surface area contributed by atoms with Gasteiger partial charge in [0.05, 0.1) is 0 Å². The number of nitrogens with zero attached hydrogens (tertiary/aromatic N) is 2. The minimum atomic E-state index is 0.676. The summed E-state index contributed by atoms with van der Waals surface area (Å²) in [5.41, 5.74) is 6.80. The van der Waals surface area contributed by atoms with Crippen LogP contribution in [0.1, 0.15) is 18.3 Å². The molecule has 0 aliphatic rings. The van der Waals surface area contributed by atoms with Crippen LogP contribution in [0.2, 0.25) is 0 Å². The van der Waals surface area contributed by atoms with Crippen LogP contribution in [-0.4, -0.2) is 15.9 Å². The minimum Gasteiger partial charge on any atom is -0.330 e. The Kier molecular flexibility index (Phi) is 5.17. The summed E-state index contributed by atoms with van der Waals surface area (Å²) < 4.78 is 6.36. The number of aryl methyl sites for hydroxylation is 1. The Labute approximate surface area is 123 Å². The molecule has 6 heteroatoms. The van der Waals surface area contributed by atoms with Gasteiger partial charge in [-0.25, -0.2) is 4.98 Å². The predicted octanol–water partition coefficient (Wildman–Crippen LogP) is 3.52. The molecule has 0 unspecified atom stereocenters. The summed E-state index contributed by atoms with van der Waals surface area (Å²) in [6.45, 7) is 2.74. The van der Waals surface area contributed by atoms with E-state index in [9.17, 15) is 0 Å². The molecule has 2 aromatic rings. The topological polar surface area (TPSA) is 51.8 Å². The maximum atomic E-state index is 5.55. The molecule has 96 valence electrons. The fraction of sp³-hybridized carbons (Fsp3) is 0.333. The Morgan fingerprint density at radius 2 is 2.28 bits per heavy atom. The summed E-state index contributed by atoms with van der Waals surface area (Å²) in [4.78, 5) is 5.62. The summed E-state index contributed by atoms with van der Waals surface area (Å²) in [7, 11) is 0. The molecule has 0 radical (unpaired) electrons. The van der Waals surface area contributed by atoms with Crippen molar-refractivity contribution in [3.05, 3.63) is 34.1 Å². The van der Waals surface area contributed by atoms with Crippen LogP contribution < -0.4 is 5.73 Å². The third-order valence-electron chi connectivity index (χ3n) is 2.39. The Morgan fingerprint density at radius 1 is 1.44 bits per heavy atom. The average molecular weight is 344 g/mol. The molecule has 0 saturated carbocycles. The zero-order valence-electron chi connectivity index (χ0n) is 10.0. The Balaban J connectivity index is 2.13. The van der Waals surface area contributed by atoms with Crippen LogP contribution in [0.3, 0.4) is 0 Å². The first-order valence-corrected chi connectivity index (χ1v) is 8.10. The minimum absolute atomic E-state index is 0.676. The van der Waals surface area contributed by atoms with Crippen molar-refractivity contribution >= 4 is 39.2 Å². The van der Waals surface area contributed by atoms with E-state index in [1.54, 1.807) is 11.8 Å². The van der Waals surface area contributed by atoms with Gasteiger partial charge in [0, 0.05) is 15.8 Å². The molecule has 0 aliphatic carbocycles. The summed E-state index contributed by atoms with van der Waals surface area (Å²) >= 11 is 6.69. The SMILES string of the molecule is CCc1nsc(Sc2ccc(CCN)cc2Br)n1. The monoisotopic (exact) mass is 343 g/mol. The van der Waals surface area contributed by atoms with Gasteiger partial charge in [-0.3, -0.25) is 0 Å². The number of nitrogens with two attached hydrogens (primary N) is 1. The fourth-order valence-electron chi connectivity index (χ4n) is 1.47. The van der Waals surface area contributed by atoms with Crippen LogP contribution in [0, 0.1) is 0 Å². The van der Waals surface area contributed by atoms with E-state index in [2.05, 4.69) is 50.4 Å². The van der Waals surface area contributed by atoms with Crippen molar-refractivity contribution in [1.29, 1.82) is 0 Å². The second-order valence-corrected chi connectivity index (χ2v) is 6.63. The molecule has 0 saturated heterocycles. The Morgan fingerprint density at radius 3 is 2.89 bits per heavy atom. The lowest BCUT2D eigenvalue weighted by atomic mass is 10.2. The molecule has 0 fully saturated rings. The van der Waals surface area contributed by atoms with Gasteiger partial charge in [0.2, 0.25) is 0 Å². The summed E-state index contributed by atoms with van der Waals surface area (Å²) in [6.07, 6.45) is 1.79. The first kappa shape index (κ1) is 14.0. The lowest BCUT2D eigenvalue weighted by molar-refractivity contribution is 0.963. The van der Waals surface area contributed by atoms with E-state index in [1.165, 1.54) is 17.1 Å². The number of aromatic nitrogens is 2. The molecule has 2 N–H and O–H groups in total. The molecule has 3 nitrogen and oxygen atoms in total. The van der Waals surface area contributed by atoms with E-state index in [4.69, 9.17) is 5.73 Å². The third-order valence-corrected chi connectivity index (χ3v) is 5.18. The van der Waals surface area contributed by atoms with Crippen LogP contribution in [0.4, 0.5) is 0 Å². The van der Waals surface area contributed by atoms with Gasteiger partial charge < -0.3 is 5.73 Å². The van der Waals surface area contributed by atoms with Crippen LogP contribution in [0.15, 0.2) is 31.9 Å². The molecular formula is C12H14BrN3S2.